The number of hydrogen-bond acceptors (Lipinski definition) is 3. The number of nitrogens with zero attached hydrogens (tertiary/aromatic N) is 1. The van der Waals surface area contributed by atoms with E-state index < -0.39 is 23.3 Å². The molecule has 0 radical (unpaired) electrons. The van der Waals surface area contributed by atoms with Crippen LogP contribution in [0, 0.1) is 22.7 Å². The molecule has 0 aliphatic carbocycles. The molecular weight excluding hydrogens is 174 g/mol. The zero-order chi connectivity index (χ0) is 10.6. The Morgan fingerprint density at radius 3 is 2.15 bits per heavy atom. The summed E-state index contributed by atoms with van der Waals surface area (Å²) in [7, 11) is 0. The Morgan fingerprint density at radius 1 is 1.46 bits per heavy atom. The molecule has 0 aliphatic rings. The van der Waals surface area contributed by atoms with Crippen LogP contribution in [0.1, 0.15) is 20.3 Å². The van der Waals surface area contributed by atoms with Crippen LogP contribution < -0.4 is 0 Å². The summed E-state index contributed by atoms with van der Waals surface area (Å²) in [4.78, 5) is 20.9. The second kappa shape index (κ2) is 3.90. The molecule has 0 bridgehead atoms. The Balaban J connectivity index is 4.69. The molecular formula is C8H11NO4. The fourth-order valence-corrected chi connectivity index (χ4v) is 1.06. The van der Waals surface area contributed by atoms with Crippen molar-refractivity contribution in [3.63, 3.8) is 0 Å². The van der Waals surface area contributed by atoms with Crippen LogP contribution in [0.4, 0.5) is 0 Å². The largest absolute Gasteiger partial charge is 0.481 e. The van der Waals surface area contributed by atoms with E-state index in [1.165, 1.54) is 13.8 Å². The van der Waals surface area contributed by atoms with Crippen LogP contribution in [-0.2, 0) is 9.59 Å². The summed E-state index contributed by atoms with van der Waals surface area (Å²) in [6.07, 6.45) is -0.336. The molecule has 0 amide bonds. The Morgan fingerprint density at radius 2 is 1.92 bits per heavy atom. The van der Waals surface area contributed by atoms with Gasteiger partial charge in [-0.3, -0.25) is 9.59 Å². The van der Waals surface area contributed by atoms with Crippen molar-refractivity contribution in [1.82, 2.24) is 0 Å². The number of carboxylic acid groups (broad SMARTS) is 2. The molecule has 0 aliphatic heterocycles. The van der Waals surface area contributed by atoms with Gasteiger partial charge in [0.15, 0.2) is 0 Å². The maximum atomic E-state index is 10.5. The van der Waals surface area contributed by atoms with E-state index in [9.17, 15) is 9.59 Å². The Hall–Kier alpha value is -1.57. The predicted octanol–water partition coefficient (Wildman–Crippen LogP) is 0.712. The lowest BCUT2D eigenvalue weighted by Crippen LogP contribution is -2.31. The Kier molecular flexibility index (Phi) is 3.43. The molecule has 0 spiro atoms. The fraction of sp³-hybridized carbons (Fsp3) is 0.625. The third-order valence-corrected chi connectivity index (χ3v) is 1.76. The molecule has 0 aromatic rings. The van der Waals surface area contributed by atoms with Crippen molar-refractivity contribution in [2.75, 3.05) is 0 Å². The van der Waals surface area contributed by atoms with Gasteiger partial charge in [0, 0.05) is 5.41 Å². The van der Waals surface area contributed by atoms with Crippen LogP contribution in [-0.4, -0.2) is 22.2 Å². The molecule has 0 saturated carbocycles. The van der Waals surface area contributed by atoms with Crippen molar-refractivity contribution in [3.05, 3.63) is 0 Å². The third kappa shape index (κ3) is 3.11. The van der Waals surface area contributed by atoms with E-state index in [2.05, 4.69) is 0 Å². The van der Waals surface area contributed by atoms with Crippen LogP contribution in [0.5, 0.6) is 0 Å². The zero-order valence-electron chi connectivity index (χ0n) is 7.44. The predicted molar refractivity (Wildman–Crippen MR) is 42.8 cm³/mol. The SMILES string of the molecule is CC(C)(CC(=O)O)C(C#N)C(=O)O. The van der Waals surface area contributed by atoms with E-state index >= 15 is 0 Å². The van der Waals surface area contributed by atoms with Gasteiger partial charge >= 0.3 is 11.9 Å². The molecule has 1 atom stereocenters. The molecule has 1 unspecified atom stereocenters. The molecule has 0 aromatic heterocycles. The van der Waals surface area contributed by atoms with Gasteiger partial charge in [-0.05, 0) is 0 Å². The van der Waals surface area contributed by atoms with Crippen LogP contribution >= 0.6 is 0 Å². The molecule has 5 nitrogen and oxygen atoms in total. The lowest BCUT2D eigenvalue weighted by Gasteiger charge is -2.24. The first-order valence-electron chi connectivity index (χ1n) is 3.65. The van der Waals surface area contributed by atoms with Crippen molar-refractivity contribution >= 4 is 11.9 Å². The van der Waals surface area contributed by atoms with E-state index in [1.807, 2.05) is 0 Å². The molecule has 5 heteroatoms. The van der Waals surface area contributed by atoms with Gasteiger partial charge < -0.3 is 10.2 Å². The van der Waals surface area contributed by atoms with Gasteiger partial charge in [-0.25, -0.2) is 0 Å². The van der Waals surface area contributed by atoms with E-state index in [1.54, 1.807) is 6.07 Å². The number of rotatable bonds is 4. The van der Waals surface area contributed by atoms with E-state index in [4.69, 9.17) is 15.5 Å². The highest BCUT2D eigenvalue weighted by Crippen LogP contribution is 2.30. The molecule has 0 heterocycles. The van der Waals surface area contributed by atoms with Crippen LogP contribution in [0.25, 0.3) is 0 Å². The first-order valence-corrected chi connectivity index (χ1v) is 3.65. The lowest BCUT2D eigenvalue weighted by molar-refractivity contribution is -0.146. The monoisotopic (exact) mass is 185 g/mol. The average Bonchev–Trinajstić information content (AvgIpc) is 1.82. The minimum absolute atomic E-state index is 0.336. The van der Waals surface area contributed by atoms with Gasteiger partial charge in [0.05, 0.1) is 12.5 Å². The summed E-state index contributed by atoms with van der Waals surface area (Å²) >= 11 is 0. The van der Waals surface area contributed by atoms with Gasteiger partial charge in [0.2, 0.25) is 0 Å². The number of aliphatic carboxylic acids is 2. The van der Waals surface area contributed by atoms with Gasteiger partial charge in [0.1, 0.15) is 5.92 Å². The van der Waals surface area contributed by atoms with Crippen LogP contribution in [0.3, 0.4) is 0 Å². The van der Waals surface area contributed by atoms with E-state index in [-0.39, 0.29) is 6.42 Å². The normalized spacial score (nSPS) is 13.0. The minimum Gasteiger partial charge on any atom is -0.481 e. The lowest BCUT2D eigenvalue weighted by atomic mass is 9.77. The second-order valence-electron chi connectivity index (χ2n) is 3.46. The van der Waals surface area contributed by atoms with Gasteiger partial charge in [-0.1, -0.05) is 13.8 Å². The molecule has 0 saturated heterocycles. The second-order valence-corrected chi connectivity index (χ2v) is 3.46. The molecule has 0 rings (SSSR count). The first-order chi connectivity index (χ1) is 5.81. The van der Waals surface area contributed by atoms with Gasteiger partial charge in [0.25, 0.3) is 0 Å². The topological polar surface area (TPSA) is 98.4 Å². The van der Waals surface area contributed by atoms with Crippen molar-refractivity contribution in [3.8, 4) is 6.07 Å². The van der Waals surface area contributed by atoms with Gasteiger partial charge in [-0.15, -0.1) is 0 Å². The highest BCUT2D eigenvalue weighted by molar-refractivity contribution is 5.76. The highest BCUT2D eigenvalue weighted by atomic mass is 16.4. The summed E-state index contributed by atoms with van der Waals surface area (Å²) in [5, 5.41) is 25.6. The zero-order valence-corrected chi connectivity index (χ0v) is 7.44. The summed E-state index contributed by atoms with van der Waals surface area (Å²) in [5.74, 6) is -3.68. The molecule has 13 heavy (non-hydrogen) atoms. The number of carbonyl (C=O) groups is 2. The van der Waals surface area contributed by atoms with E-state index in [0.29, 0.717) is 0 Å². The Labute approximate surface area is 75.6 Å². The standard InChI is InChI=1S/C8H11NO4/c1-8(2,3-6(10)11)5(4-9)7(12)13/h5H,3H2,1-2H3,(H,10,11)(H,12,13). The smallest absolute Gasteiger partial charge is 0.321 e. The van der Waals surface area contributed by atoms with Crippen molar-refractivity contribution in [2.45, 2.75) is 20.3 Å². The van der Waals surface area contributed by atoms with E-state index in [0.717, 1.165) is 0 Å². The van der Waals surface area contributed by atoms with Gasteiger partial charge in [-0.2, -0.15) is 5.26 Å². The summed E-state index contributed by atoms with van der Waals surface area (Å²) in [6.45, 7) is 2.90. The molecule has 2 N–H and O–H groups in total. The average molecular weight is 185 g/mol. The summed E-state index contributed by atoms with van der Waals surface area (Å²) < 4.78 is 0. The van der Waals surface area contributed by atoms with Crippen LogP contribution in [0.2, 0.25) is 0 Å². The third-order valence-electron chi connectivity index (χ3n) is 1.76. The fourth-order valence-electron chi connectivity index (χ4n) is 1.06. The minimum atomic E-state index is -1.29. The molecule has 72 valence electrons. The van der Waals surface area contributed by atoms with Crippen molar-refractivity contribution in [2.24, 2.45) is 11.3 Å². The van der Waals surface area contributed by atoms with Crippen LogP contribution in [0.15, 0.2) is 0 Å². The Bertz CT molecular complexity index is 264. The maximum Gasteiger partial charge on any atom is 0.321 e. The highest BCUT2D eigenvalue weighted by Gasteiger charge is 2.37. The molecule has 0 aromatic carbocycles. The number of hydrogen-bond donors (Lipinski definition) is 2. The molecule has 0 fully saturated rings. The maximum absolute atomic E-state index is 10.5. The number of nitriles is 1. The first kappa shape index (κ1) is 11.4. The van der Waals surface area contributed by atoms with Crippen molar-refractivity contribution < 1.29 is 19.8 Å². The summed E-state index contributed by atoms with van der Waals surface area (Å²) in [5.41, 5.74) is -1.05. The number of carboxylic acids is 2. The summed E-state index contributed by atoms with van der Waals surface area (Å²) in [6, 6.07) is 1.58. The quantitative estimate of drug-likeness (QED) is 0.672. The van der Waals surface area contributed by atoms with Crippen molar-refractivity contribution in [1.29, 1.82) is 5.26 Å².